The Bertz CT molecular complexity index is 1200. The van der Waals surface area contributed by atoms with E-state index in [2.05, 4.69) is 5.32 Å². The van der Waals surface area contributed by atoms with Gasteiger partial charge in [0.25, 0.3) is 11.8 Å². The quantitative estimate of drug-likeness (QED) is 0.487. The number of imide groups is 1. The molecule has 168 valence electrons. The number of carbonyl (C=O) groups is 2. The molecule has 1 N–H and O–H groups in total. The summed E-state index contributed by atoms with van der Waals surface area (Å²) >= 11 is 0. The van der Waals surface area contributed by atoms with Crippen LogP contribution in [0.5, 0.6) is 11.5 Å². The van der Waals surface area contributed by atoms with Crippen molar-refractivity contribution in [2.75, 3.05) is 23.9 Å². The van der Waals surface area contributed by atoms with Crippen molar-refractivity contribution in [1.82, 2.24) is 0 Å². The molecule has 33 heavy (non-hydrogen) atoms. The minimum atomic E-state index is -0.418. The van der Waals surface area contributed by atoms with Crippen LogP contribution < -0.4 is 19.7 Å². The fourth-order valence-corrected chi connectivity index (χ4v) is 3.62. The highest BCUT2D eigenvalue weighted by atomic mass is 16.5. The first-order valence-electron chi connectivity index (χ1n) is 10.9. The maximum absolute atomic E-state index is 13.6. The number of hydrogen-bond donors (Lipinski definition) is 1. The number of anilines is 2. The van der Waals surface area contributed by atoms with Crippen LogP contribution in [-0.2, 0) is 9.59 Å². The summed E-state index contributed by atoms with van der Waals surface area (Å²) in [7, 11) is 1.59. The first kappa shape index (κ1) is 22.1. The molecule has 0 bridgehead atoms. The van der Waals surface area contributed by atoms with Gasteiger partial charge in [0.05, 0.1) is 25.0 Å². The second-order valence-corrected chi connectivity index (χ2v) is 7.76. The van der Waals surface area contributed by atoms with Crippen molar-refractivity contribution in [2.24, 2.45) is 0 Å². The molecule has 2 amide bonds. The van der Waals surface area contributed by atoms with Crippen LogP contribution in [0.15, 0.2) is 78.5 Å². The van der Waals surface area contributed by atoms with E-state index in [0.29, 0.717) is 40.6 Å². The van der Waals surface area contributed by atoms with Gasteiger partial charge in [0.2, 0.25) is 0 Å². The maximum Gasteiger partial charge on any atom is 0.282 e. The van der Waals surface area contributed by atoms with E-state index in [-0.39, 0.29) is 11.6 Å². The average Bonchev–Trinajstić information content (AvgIpc) is 3.08. The van der Waals surface area contributed by atoms with Gasteiger partial charge >= 0.3 is 0 Å². The second kappa shape index (κ2) is 9.61. The molecule has 0 atom stereocenters. The Kier molecular flexibility index (Phi) is 6.45. The van der Waals surface area contributed by atoms with Gasteiger partial charge in [-0.3, -0.25) is 9.59 Å². The molecule has 6 heteroatoms. The standard InChI is InChI=1S/C27H26N2O4/c1-4-16-33-23-7-5-6-21(17-23)29-26(30)24(19-10-8-18(2)9-11-19)25(27(29)31)28-20-12-14-22(32-3)15-13-20/h5-15,17,28H,4,16H2,1-3H3. The smallest absolute Gasteiger partial charge is 0.282 e. The van der Waals surface area contributed by atoms with E-state index in [0.717, 1.165) is 12.0 Å². The summed E-state index contributed by atoms with van der Waals surface area (Å²) in [5.74, 6) is 0.516. The number of carbonyl (C=O) groups excluding carboxylic acids is 2. The predicted molar refractivity (Wildman–Crippen MR) is 129 cm³/mol. The minimum absolute atomic E-state index is 0.230. The summed E-state index contributed by atoms with van der Waals surface area (Å²) in [6.45, 7) is 4.55. The number of amides is 2. The molecule has 0 saturated carbocycles. The monoisotopic (exact) mass is 442 g/mol. The van der Waals surface area contributed by atoms with Gasteiger partial charge in [0.15, 0.2) is 0 Å². The molecule has 0 radical (unpaired) electrons. The third-order valence-electron chi connectivity index (χ3n) is 5.33. The fraction of sp³-hybridized carbons (Fsp3) is 0.185. The Morgan fingerprint density at radius 1 is 0.879 bits per heavy atom. The summed E-state index contributed by atoms with van der Waals surface area (Å²) < 4.78 is 10.9. The van der Waals surface area contributed by atoms with E-state index >= 15 is 0 Å². The molecular formula is C27H26N2O4. The fourth-order valence-electron chi connectivity index (χ4n) is 3.62. The van der Waals surface area contributed by atoms with E-state index in [1.54, 1.807) is 49.6 Å². The van der Waals surface area contributed by atoms with Crippen LogP contribution in [0.3, 0.4) is 0 Å². The van der Waals surface area contributed by atoms with Gasteiger partial charge in [-0.25, -0.2) is 4.90 Å². The molecule has 0 saturated heterocycles. The number of ether oxygens (including phenoxy) is 2. The molecule has 4 rings (SSSR count). The zero-order valence-corrected chi connectivity index (χ0v) is 18.9. The first-order chi connectivity index (χ1) is 16.0. The highest BCUT2D eigenvalue weighted by Crippen LogP contribution is 2.35. The lowest BCUT2D eigenvalue weighted by Gasteiger charge is -2.16. The number of rotatable bonds is 8. The van der Waals surface area contributed by atoms with Crippen molar-refractivity contribution < 1.29 is 19.1 Å². The van der Waals surface area contributed by atoms with Crippen LogP contribution in [0.4, 0.5) is 11.4 Å². The third kappa shape index (κ3) is 4.60. The Hall–Kier alpha value is -4.06. The number of benzene rings is 3. The van der Waals surface area contributed by atoms with Crippen molar-refractivity contribution >= 4 is 28.8 Å². The van der Waals surface area contributed by atoms with Crippen LogP contribution in [0.25, 0.3) is 5.57 Å². The van der Waals surface area contributed by atoms with Gasteiger partial charge in [0, 0.05) is 11.8 Å². The summed E-state index contributed by atoms with van der Waals surface area (Å²) in [5, 5.41) is 3.16. The van der Waals surface area contributed by atoms with Crippen molar-refractivity contribution in [3.63, 3.8) is 0 Å². The van der Waals surface area contributed by atoms with E-state index in [4.69, 9.17) is 9.47 Å². The summed E-state index contributed by atoms with van der Waals surface area (Å²) in [4.78, 5) is 28.3. The topological polar surface area (TPSA) is 67.9 Å². The summed E-state index contributed by atoms with van der Waals surface area (Å²) in [5.41, 5.74) is 3.45. The van der Waals surface area contributed by atoms with Crippen molar-refractivity contribution in [2.45, 2.75) is 20.3 Å². The molecular weight excluding hydrogens is 416 g/mol. The van der Waals surface area contributed by atoms with E-state index in [1.807, 2.05) is 44.2 Å². The van der Waals surface area contributed by atoms with E-state index < -0.39 is 5.91 Å². The van der Waals surface area contributed by atoms with Gasteiger partial charge in [-0.15, -0.1) is 0 Å². The number of nitrogens with zero attached hydrogens (tertiary/aromatic N) is 1. The third-order valence-corrected chi connectivity index (χ3v) is 5.33. The Morgan fingerprint density at radius 2 is 1.61 bits per heavy atom. The van der Waals surface area contributed by atoms with E-state index in [1.165, 1.54) is 4.90 Å². The van der Waals surface area contributed by atoms with Gasteiger partial charge in [-0.1, -0.05) is 42.8 Å². The molecule has 0 unspecified atom stereocenters. The predicted octanol–water partition coefficient (Wildman–Crippen LogP) is 5.19. The lowest BCUT2D eigenvalue weighted by molar-refractivity contribution is -0.120. The second-order valence-electron chi connectivity index (χ2n) is 7.76. The van der Waals surface area contributed by atoms with Crippen molar-refractivity contribution in [1.29, 1.82) is 0 Å². The van der Waals surface area contributed by atoms with Crippen molar-refractivity contribution in [3.8, 4) is 11.5 Å². The number of nitrogens with one attached hydrogen (secondary N) is 1. The largest absolute Gasteiger partial charge is 0.497 e. The van der Waals surface area contributed by atoms with Crippen LogP contribution in [0.2, 0.25) is 0 Å². The van der Waals surface area contributed by atoms with Gasteiger partial charge in [0.1, 0.15) is 17.2 Å². The minimum Gasteiger partial charge on any atom is -0.497 e. The molecule has 1 heterocycles. The summed E-state index contributed by atoms with van der Waals surface area (Å²) in [6.07, 6.45) is 0.862. The zero-order valence-electron chi connectivity index (χ0n) is 18.9. The Morgan fingerprint density at radius 3 is 2.27 bits per heavy atom. The molecule has 6 nitrogen and oxygen atoms in total. The van der Waals surface area contributed by atoms with Gasteiger partial charge in [-0.05, 0) is 55.3 Å². The zero-order chi connectivity index (χ0) is 23.4. The lowest BCUT2D eigenvalue weighted by atomic mass is 10.0. The van der Waals surface area contributed by atoms with Crippen molar-refractivity contribution in [3.05, 3.63) is 89.6 Å². The first-order valence-corrected chi connectivity index (χ1v) is 10.9. The number of methoxy groups -OCH3 is 1. The molecule has 0 aromatic heterocycles. The maximum atomic E-state index is 13.6. The normalized spacial score (nSPS) is 13.5. The number of aryl methyl sites for hydroxylation is 1. The van der Waals surface area contributed by atoms with Crippen LogP contribution >= 0.6 is 0 Å². The molecule has 0 spiro atoms. The summed E-state index contributed by atoms with van der Waals surface area (Å²) in [6, 6.07) is 21.8. The highest BCUT2D eigenvalue weighted by Gasteiger charge is 2.40. The molecule has 1 aliphatic heterocycles. The van der Waals surface area contributed by atoms with Crippen LogP contribution in [0, 0.1) is 6.92 Å². The molecule has 0 fully saturated rings. The Labute approximate surface area is 193 Å². The van der Waals surface area contributed by atoms with Gasteiger partial charge < -0.3 is 14.8 Å². The molecule has 0 aliphatic carbocycles. The Balaban J connectivity index is 1.74. The molecule has 1 aliphatic rings. The molecule has 3 aromatic rings. The van der Waals surface area contributed by atoms with E-state index in [9.17, 15) is 9.59 Å². The lowest BCUT2D eigenvalue weighted by Crippen LogP contribution is -2.32. The average molecular weight is 443 g/mol. The van der Waals surface area contributed by atoms with Crippen LogP contribution in [0.1, 0.15) is 24.5 Å². The SMILES string of the molecule is CCCOc1cccc(N2C(=O)C(Nc3ccc(OC)cc3)=C(c3ccc(C)cc3)C2=O)c1. The highest BCUT2D eigenvalue weighted by molar-refractivity contribution is 6.46. The van der Waals surface area contributed by atoms with Gasteiger partial charge in [-0.2, -0.15) is 0 Å². The van der Waals surface area contributed by atoms with Crippen LogP contribution in [-0.4, -0.2) is 25.5 Å². The molecule has 3 aromatic carbocycles. The number of hydrogen-bond acceptors (Lipinski definition) is 5.